The number of hydrogen-bond acceptors (Lipinski definition) is 5. The first-order valence-electron chi connectivity index (χ1n) is 9.67. The Hall–Kier alpha value is -3.06. The van der Waals surface area contributed by atoms with Gasteiger partial charge in [-0.1, -0.05) is 55.4 Å². The van der Waals surface area contributed by atoms with Crippen molar-refractivity contribution in [1.29, 1.82) is 0 Å². The lowest BCUT2D eigenvalue weighted by molar-refractivity contribution is -0.118. The molecule has 0 fully saturated rings. The van der Waals surface area contributed by atoms with E-state index < -0.39 is 0 Å². The highest BCUT2D eigenvalue weighted by molar-refractivity contribution is 8.00. The molecule has 3 heterocycles. The third kappa shape index (κ3) is 3.42. The number of fused-ring (bicyclic) bond motifs is 2. The molecule has 1 aromatic heterocycles. The summed E-state index contributed by atoms with van der Waals surface area (Å²) in [6, 6.07) is 16.2. The second-order valence-electron chi connectivity index (χ2n) is 7.05. The second-order valence-corrected chi connectivity index (χ2v) is 8.12. The third-order valence-corrected chi connectivity index (χ3v) is 6.13. The van der Waals surface area contributed by atoms with Gasteiger partial charge >= 0.3 is 0 Å². The van der Waals surface area contributed by atoms with Gasteiger partial charge in [-0.25, -0.2) is 9.66 Å². The first kappa shape index (κ1) is 18.0. The van der Waals surface area contributed by atoms with Crippen LogP contribution in [0.15, 0.2) is 65.0 Å². The van der Waals surface area contributed by atoms with Gasteiger partial charge in [0.1, 0.15) is 5.75 Å². The number of hydrogen-bond donors (Lipinski definition) is 1. The molecule has 0 bridgehead atoms. The fraction of sp³-hybridized carbons (Fsp3) is 0.227. The predicted molar refractivity (Wildman–Crippen MR) is 114 cm³/mol. The summed E-state index contributed by atoms with van der Waals surface area (Å²) in [5.41, 5.74) is 4.78. The molecule has 0 saturated carbocycles. The number of thioether (sulfide) groups is 1. The van der Waals surface area contributed by atoms with Gasteiger partial charge in [0.2, 0.25) is 0 Å². The Morgan fingerprint density at radius 3 is 2.93 bits per heavy atom. The summed E-state index contributed by atoms with van der Waals surface area (Å²) in [5, 5.41) is 8.75. The number of imidazole rings is 1. The molecule has 1 unspecified atom stereocenters. The van der Waals surface area contributed by atoms with E-state index in [0.29, 0.717) is 11.4 Å². The van der Waals surface area contributed by atoms with E-state index in [1.165, 1.54) is 5.56 Å². The number of benzene rings is 2. The lowest BCUT2D eigenvalue weighted by Crippen LogP contribution is -2.26. The maximum absolute atomic E-state index is 11.7. The lowest BCUT2D eigenvalue weighted by atomic mass is 10.0. The van der Waals surface area contributed by atoms with Crippen molar-refractivity contribution in [2.75, 3.05) is 11.9 Å². The SMILES string of the molecule is CCCc1cn2c(n1)SC(c1ccccc1)C(c1ccc3c(c1)NC(=O)CO3)=N2. The maximum atomic E-state index is 11.7. The number of amides is 1. The highest BCUT2D eigenvalue weighted by Crippen LogP contribution is 2.42. The average molecular weight is 404 g/mol. The molecule has 3 aromatic rings. The maximum Gasteiger partial charge on any atom is 0.262 e. The summed E-state index contributed by atoms with van der Waals surface area (Å²) in [4.78, 5) is 16.5. The van der Waals surface area contributed by atoms with Crippen molar-refractivity contribution < 1.29 is 9.53 Å². The number of carbonyl (C=O) groups is 1. The van der Waals surface area contributed by atoms with Gasteiger partial charge in [0.15, 0.2) is 11.8 Å². The predicted octanol–water partition coefficient (Wildman–Crippen LogP) is 4.27. The van der Waals surface area contributed by atoms with Crippen LogP contribution in [0.4, 0.5) is 5.69 Å². The number of rotatable bonds is 4. The molecule has 2 aliphatic heterocycles. The topological polar surface area (TPSA) is 68.5 Å². The largest absolute Gasteiger partial charge is 0.482 e. The van der Waals surface area contributed by atoms with Gasteiger partial charge in [-0.2, -0.15) is 5.10 Å². The molecule has 6 nitrogen and oxygen atoms in total. The molecular weight excluding hydrogens is 384 g/mol. The van der Waals surface area contributed by atoms with Crippen molar-refractivity contribution in [3.63, 3.8) is 0 Å². The number of nitrogens with zero attached hydrogens (tertiary/aromatic N) is 3. The first-order valence-corrected chi connectivity index (χ1v) is 10.5. The first-order chi connectivity index (χ1) is 14.2. The highest BCUT2D eigenvalue weighted by atomic mass is 32.2. The van der Waals surface area contributed by atoms with Crippen molar-refractivity contribution in [3.05, 3.63) is 71.5 Å². The fourth-order valence-corrected chi connectivity index (χ4v) is 4.73. The van der Waals surface area contributed by atoms with Crippen molar-refractivity contribution in [2.24, 2.45) is 5.10 Å². The molecule has 0 spiro atoms. The fourth-order valence-electron chi connectivity index (χ4n) is 3.56. The van der Waals surface area contributed by atoms with E-state index in [4.69, 9.17) is 14.8 Å². The second kappa shape index (κ2) is 7.40. The Balaban J connectivity index is 1.61. The molecule has 5 rings (SSSR count). The molecule has 0 radical (unpaired) electrons. The van der Waals surface area contributed by atoms with Crippen LogP contribution in [-0.2, 0) is 11.2 Å². The van der Waals surface area contributed by atoms with Crippen LogP contribution < -0.4 is 10.1 Å². The minimum atomic E-state index is -0.143. The standard InChI is InChI=1S/C22H20N4O2S/c1-2-6-16-12-26-22(23-16)29-21(14-7-4-3-5-8-14)20(25-26)15-9-10-18-17(11-15)24-19(27)13-28-18/h3-5,7-12,21H,2,6,13H2,1H3,(H,24,27). The van der Waals surface area contributed by atoms with E-state index in [0.717, 1.165) is 35.0 Å². The summed E-state index contributed by atoms with van der Waals surface area (Å²) in [5.74, 6) is 0.539. The summed E-state index contributed by atoms with van der Waals surface area (Å²) in [7, 11) is 0. The molecular formula is C22H20N4O2S. The zero-order valence-electron chi connectivity index (χ0n) is 16.0. The van der Waals surface area contributed by atoms with Crippen molar-refractivity contribution in [1.82, 2.24) is 9.66 Å². The zero-order chi connectivity index (χ0) is 19.8. The van der Waals surface area contributed by atoms with Crippen LogP contribution in [-0.4, -0.2) is 27.9 Å². The van der Waals surface area contributed by atoms with Crippen molar-refractivity contribution in [3.8, 4) is 5.75 Å². The molecule has 2 aromatic carbocycles. The van der Waals surface area contributed by atoms with Gasteiger partial charge in [-0.15, -0.1) is 0 Å². The van der Waals surface area contributed by atoms with Gasteiger partial charge in [-0.05, 0) is 30.2 Å². The summed E-state index contributed by atoms with van der Waals surface area (Å²) < 4.78 is 7.38. The Morgan fingerprint density at radius 2 is 2.10 bits per heavy atom. The molecule has 1 amide bonds. The van der Waals surface area contributed by atoms with Gasteiger partial charge in [0.25, 0.3) is 5.91 Å². The molecule has 1 atom stereocenters. The minimum Gasteiger partial charge on any atom is -0.482 e. The Labute approximate surface area is 173 Å². The molecule has 0 aliphatic carbocycles. The van der Waals surface area contributed by atoms with Crippen LogP contribution >= 0.6 is 11.8 Å². The van der Waals surface area contributed by atoms with E-state index >= 15 is 0 Å². The monoisotopic (exact) mass is 404 g/mol. The number of aromatic nitrogens is 2. The third-order valence-electron chi connectivity index (χ3n) is 4.91. The van der Waals surface area contributed by atoms with E-state index in [-0.39, 0.29) is 17.8 Å². The quantitative estimate of drug-likeness (QED) is 0.705. The normalized spacial score (nSPS) is 17.6. The van der Waals surface area contributed by atoms with E-state index in [2.05, 4.69) is 24.4 Å². The average Bonchev–Trinajstić information content (AvgIpc) is 3.14. The van der Waals surface area contributed by atoms with Gasteiger partial charge < -0.3 is 10.1 Å². The zero-order valence-corrected chi connectivity index (χ0v) is 16.8. The molecule has 146 valence electrons. The van der Waals surface area contributed by atoms with Gasteiger partial charge in [0.05, 0.1) is 28.5 Å². The number of ether oxygens (including phenoxy) is 1. The number of nitrogens with one attached hydrogen (secondary N) is 1. The van der Waals surface area contributed by atoms with Crippen LogP contribution in [0.25, 0.3) is 0 Å². The number of anilines is 1. The summed E-state index contributed by atoms with van der Waals surface area (Å²) >= 11 is 1.70. The summed E-state index contributed by atoms with van der Waals surface area (Å²) in [6.45, 7) is 2.20. The number of aryl methyl sites for hydroxylation is 1. The Kier molecular flexibility index (Phi) is 4.60. The van der Waals surface area contributed by atoms with Crippen molar-refractivity contribution >= 4 is 29.1 Å². The van der Waals surface area contributed by atoms with E-state index in [9.17, 15) is 4.79 Å². The van der Waals surface area contributed by atoms with E-state index in [1.807, 2.05) is 47.3 Å². The molecule has 29 heavy (non-hydrogen) atoms. The van der Waals surface area contributed by atoms with Crippen LogP contribution in [0, 0.1) is 0 Å². The van der Waals surface area contributed by atoms with Gasteiger partial charge in [0, 0.05) is 5.56 Å². The minimum absolute atomic E-state index is 0.0128. The highest BCUT2D eigenvalue weighted by Gasteiger charge is 2.29. The Bertz CT molecular complexity index is 1110. The van der Waals surface area contributed by atoms with Crippen LogP contribution in [0.1, 0.15) is 35.4 Å². The number of carbonyl (C=O) groups excluding carboxylic acids is 1. The Morgan fingerprint density at radius 1 is 1.24 bits per heavy atom. The van der Waals surface area contributed by atoms with E-state index in [1.54, 1.807) is 11.8 Å². The van der Waals surface area contributed by atoms with Crippen molar-refractivity contribution in [2.45, 2.75) is 30.2 Å². The smallest absolute Gasteiger partial charge is 0.262 e. The van der Waals surface area contributed by atoms with Crippen LogP contribution in [0.3, 0.4) is 0 Å². The van der Waals surface area contributed by atoms with Crippen LogP contribution in [0.5, 0.6) is 5.75 Å². The molecule has 2 aliphatic rings. The molecule has 7 heteroatoms. The molecule has 0 saturated heterocycles. The molecule has 1 N–H and O–H groups in total. The summed E-state index contributed by atoms with van der Waals surface area (Å²) in [6.07, 6.45) is 3.99. The lowest BCUT2D eigenvalue weighted by Gasteiger charge is -2.25. The van der Waals surface area contributed by atoms with Crippen LogP contribution in [0.2, 0.25) is 0 Å². The van der Waals surface area contributed by atoms with Gasteiger partial charge in [-0.3, -0.25) is 4.79 Å².